The van der Waals surface area contributed by atoms with Crippen LogP contribution >= 0.6 is 11.3 Å². The van der Waals surface area contributed by atoms with Gasteiger partial charge in [0.05, 0.1) is 6.07 Å². The molecule has 1 heterocycles. The highest BCUT2D eigenvalue weighted by Crippen LogP contribution is 2.27. The first-order valence-corrected chi connectivity index (χ1v) is 8.28. The Labute approximate surface area is 134 Å². The molecule has 1 atom stereocenters. The molecule has 1 saturated carbocycles. The molecule has 2 rings (SSSR count). The van der Waals surface area contributed by atoms with Gasteiger partial charge in [-0.3, -0.25) is 4.79 Å². The summed E-state index contributed by atoms with van der Waals surface area (Å²) < 4.78 is 5.19. The maximum atomic E-state index is 12.2. The molecule has 1 unspecified atom stereocenters. The average Bonchev–Trinajstić information content (AvgIpc) is 2.94. The number of esters is 1. The summed E-state index contributed by atoms with van der Waals surface area (Å²) in [6.45, 7) is 3.43. The lowest BCUT2D eigenvalue weighted by molar-refractivity contribution is -0.130. The molecule has 1 amide bonds. The van der Waals surface area contributed by atoms with Gasteiger partial charge in [-0.1, -0.05) is 19.3 Å². The fraction of sp³-hybridized carbons (Fsp3) is 0.562. The van der Waals surface area contributed by atoms with Gasteiger partial charge < -0.3 is 10.1 Å². The highest BCUT2D eigenvalue weighted by atomic mass is 32.1. The van der Waals surface area contributed by atoms with Crippen molar-refractivity contribution < 1.29 is 14.3 Å². The van der Waals surface area contributed by atoms with Crippen molar-refractivity contribution in [2.75, 3.05) is 0 Å². The number of thiophene rings is 1. The third-order valence-corrected chi connectivity index (χ3v) is 4.86. The lowest BCUT2D eigenvalue weighted by Crippen LogP contribution is -2.52. The van der Waals surface area contributed by atoms with Crippen LogP contribution in [0.2, 0.25) is 0 Å². The molecule has 1 aromatic heterocycles. The second-order valence-corrected chi connectivity index (χ2v) is 6.99. The van der Waals surface area contributed by atoms with Gasteiger partial charge in [-0.15, -0.1) is 11.3 Å². The van der Waals surface area contributed by atoms with E-state index < -0.39 is 23.5 Å². The zero-order chi connectivity index (χ0) is 16.2. The minimum atomic E-state index is -0.915. The van der Waals surface area contributed by atoms with Crippen LogP contribution in [0.3, 0.4) is 0 Å². The standard InChI is InChI=1S/C16H20N2O3S/c1-11-6-7-13(22-11)15(20)21-12(2)14(19)18-16(10-17)8-4-3-5-9-16/h6-7,12H,3-5,8-9H2,1-2H3,(H,18,19). The smallest absolute Gasteiger partial charge is 0.349 e. The number of amides is 1. The fourth-order valence-electron chi connectivity index (χ4n) is 2.57. The van der Waals surface area contributed by atoms with Crippen molar-refractivity contribution in [2.45, 2.75) is 57.6 Å². The van der Waals surface area contributed by atoms with E-state index in [2.05, 4.69) is 11.4 Å². The zero-order valence-electron chi connectivity index (χ0n) is 12.8. The summed E-state index contributed by atoms with van der Waals surface area (Å²) >= 11 is 1.33. The van der Waals surface area contributed by atoms with Crippen molar-refractivity contribution >= 4 is 23.2 Å². The first kappa shape index (κ1) is 16.5. The molecule has 1 aliphatic carbocycles. The van der Waals surface area contributed by atoms with Gasteiger partial charge in [-0.05, 0) is 38.8 Å². The Morgan fingerprint density at radius 3 is 2.59 bits per heavy atom. The molecule has 0 bridgehead atoms. The van der Waals surface area contributed by atoms with Gasteiger partial charge in [0.2, 0.25) is 0 Å². The number of hydrogen-bond acceptors (Lipinski definition) is 5. The number of aryl methyl sites for hydroxylation is 1. The zero-order valence-corrected chi connectivity index (χ0v) is 13.7. The van der Waals surface area contributed by atoms with E-state index in [0.717, 1.165) is 24.1 Å². The van der Waals surface area contributed by atoms with Gasteiger partial charge in [0.15, 0.2) is 6.10 Å². The van der Waals surface area contributed by atoms with Crippen LogP contribution in [0.25, 0.3) is 0 Å². The van der Waals surface area contributed by atoms with E-state index in [4.69, 9.17) is 4.74 Å². The van der Waals surface area contributed by atoms with Crippen LogP contribution in [-0.4, -0.2) is 23.5 Å². The van der Waals surface area contributed by atoms with Crippen molar-refractivity contribution in [1.29, 1.82) is 5.26 Å². The summed E-state index contributed by atoms with van der Waals surface area (Å²) in [5.41, 5.74) is -0.810. The summed E-state index contributed by atoms with van der Waals surface area (Å²) in [5, 5.41) is 12.1. The van der Waals surface area contributed by atoms with Crippen molar-refractivity contribution in [1.82, 2.24) is 5.32 Å². The molecule has 6 heteroatoms. The number of nitriles is 1. The summed E-state index contributed by atoms with van der Waals surface area (Å²) in [6, 6.07) is 5.74. The first-order chi connectivity index (χ1) is 10.5. The average molecular weight is 320 g/mol. The largest absolute Gasteiger partial charge is 0.448 e. The van der Waals surface area contributed by atoms with E-state index >= 15 is 0 Å². The van der Waals surface area contributed by atoms with E-state index in [1.54, 1.807) is 6.07 Å². The van der Waals surface area contributed by atoms with Gasteiger partial charge in [0.25, 0.3) is 5.91 Å². The Morgan fingerprint density at radius 2 is 2.05 bits per heavy atom. The van der Waals surface area contributed by atoms with Crippen LogP contribution in [0.4, 0.5) is 0 Å². The minimum Gasteiger partial charge on any atom is -0.448 e. The van der Waals surface area contributed by atoms with Crippen LogP contribution in [0.15, 0.2) is 12.1 Å². The van der Waals surface area contributed by atoms with Crippen LogP contribution in [0, 0.1) is 18.3 Å². The summed E-state index contributed by atoms with van der Waals surface area (Å²) in [5.74, 6) is -0.916. The molecule has 0 aromatic carbocycles. The lowest BCUT2D eigenvalue weighted by Gasteiger charge is -2.32. The molecule has 5 nitrogen and oxygen atoms in total. The molecule has 0 radical (unpaired) electrons. The van der Waals surface area contributed by atoms with Gasteiger partial charge in [0, 0.05) is 4.88 Å². The van der Waals surface area contributed by atoms with E-state index in [1.807, 2.05) is 13.0 Å². The topological polar surface area (TPSA) is 79.2 Å². The Balaban J connectivity index is 1.94. The Morgan fingerprint density at radius 1 is 1.36 bits per heavy atom. The molecule has 1 aromatic rings. The monoisotopic (exact) mass is 320 g/mol. The van der Waals surface area contributed by atoms with E-state index in [0.29, 0.717) is 17.7 Å². The van der Waals surface area contributed by atoms with E-state index in [-0.39, 0.29) is 0 Å². The Hall–Kier alpha value is -1.87. The van der Waals surface area contributed by atoms with E-state index in [9.17, 15) is 14.9 Å². The van der Waals surface area contributed by atoms with Crippen LogP contribution in [0.5, 0.6) is 0 Å². The molecule has 1 N–H and O–H groups in total. The van der Waals surface area contributed by atoms with Crippen molar-refractivity contribution in [3.8, 4) is 6.07 Å². The van der Waals surface area contributed by atoms with Crippen LogP contribution in [0.1, 0.15) is 53.6 Å². The quantitative estimate of drug-likeness (QED) is 0.865. The predicted molar refractivity (Wildman–Crippen MR) is 83.5 cm³/mol. The SMILES string of the molecule is Cc1ccc(C(=O)OC(C)C(=O)NC2(C#N)CCCCC2)s1. The fourth-order valence-corrected chi connectivity index (χ4v) is 3.32. The summed E-state index contributed by atoms with van der Waals surface area (Å²) in [6.07, 6.45) is 3.33. The first-order valence-electron chi connectivity index (χ1n) is 7.46. The minimum absolute atomic E-state index is 0.412. The Kier molecular flexibility index (Phi) is 5.19. The maximum absolute atomic E-state index is 12.2. The molecule has 22 heavy (non-hydrogen) atoms. The number of ether oxygens (including phenoxy) is 1. The molecule has 0 aliphatic heterocycles. The number of carbonyl (C=O) groups is 2. The van der Waals surface area contributed by atoms with Crippen molar-refractivity contribution in [3.63, 3.8) is 0 Å². The Bertz CT molecular complexity index is 597. The predicted octanol–water partition coefficient (Wildman–Crippen LogP) is 2.94. The van der Waals surface area contributed by atoms with Gasteiger partial charge >= 0.3 is 5.97 Å². The van der Waals surface area contributed by atoms with Gasteiger partial charge in [-0.25, -0.2) is 4.79 Å². The van der Waals surface area contributed by atoms with Gasteiger partial charge in [-0.2, -0.15) is 5.26 Å². The van der Waals surface area contributed by atoms with Crippen LogP contribution < -0.4 is 5.32 Å². The highest BCUT2D eigenvalue weighted by Gasteiger charge is 2.35. The van der Waals surface area contributed by atoms with E-state index in [1.165, 1.54) is 18.3 Å². The van der Waals surface area contributed by atoms with Gasteiger partial charge in [0.1, 0.15) is 10.4 Å². The molecule has 1 aliphatic rings. The normalized spacial score (nSPS) is 18.0. The van der Waals surface area contributed by atoms with Crippen molar-refractivity contribution in [2.24, 2.45) is 0 Å². The summed E-state index contributed by atoms with van der Waals surface area (Å²) in [4.78, 5) is 25.7. The second-order valence-electron chi connectivity index (χ2n) is 5.70. The molecule has 0 saturated heterocycles. The number of carbonyl (C=O) groups excluding carboxylic acids is 2. The highest BCUT2D eigenvalue weighted by molar-refractivity contribution is 7.13. The van der Waals surface area contributed by atoms with Crippen molar-refractivity contribution in [3.05, 3.63) is 21.9 Å². The second kappa shape index (κ2) is 6.93. The molecular formula is C16H20N2O3S. The molecule has 1 fully saturated rings. The third-order valence-electron chi connectivity index (χ3n) is 3.88. The molecular weight excluding hydrogens is 300 g/mol. The summed E-state index contributed by atoms with van der Waals surface area (Å²) in [7, 11) is 0. The third kappa shape index (κ3) is 3.86. The molecule has 0 spiro atoms. The number of nitrogens with one attached hydrogen (secondary N) is 1. The number of rotatable bonds is 4. The molecule has 118 valence electrons. The number of hydrogen-bond donors (Lipinski definition) is 1. The van der Waals surface area contributed by atoms with Crippen LogP contribution in [-0.2, 0) is 9.53 Å². The maximum Gasteiger partial charge on any atom is 0.349 e. The number of nitrogens with zero attached hydrogens (tertiary/aromatic N) is 1. The lowest BCUT2D eigenvalue weighted by atomic mass is 9.83.